The fourth-order valence-electron chi connectivity index (χ4n) is 2.79. The normalized spacial score (nSPS) is 24.1. The Morgan fingerprint density at radius 3 is 2.79 bits per heavy atom. The highest BCUT2D eigenvalue weighted by Gasteiger charge is 2.25. The molecule has 3 nitrogen and oxygen atoms in total. The first-order valence-corrected chi connectivity index (χ1v) is 7.34. The van der Waals surface area contributed by atoms with Crippen LogP contribution in [0.5, 0.6) is 0 Å². The summed E-state index contributed by atoms with van der Waals surface area (Å²) in [5, 5.41) is 0. The van der Waals surface area contributed by atoms with E-state index in [-0.39, 0.29) is 6.04 Å². The van der Waals surface area contributed by atoms with E-state index < -0.39 is 0 Å². The number of hydrogen-bond donors (Lipinski definition) is 1. The molecule has 0 radical (unpaired) electrons. The zero-order chi connectivity index (χ0) is 13.7. The summed E-state index contributed by atoms with van der Waals surface area (Å²) in [6.45, 7) is 8.28. The second kappa shape index (κ2) is 7.04. The van der Waals surface area contributed by atoms with Crippen LogP contribution in [0.1, 0.15) is 31.9 Å². The Balaban J connectivity index is 1.94. The molecule has 19 heavy (non-hydrogen) atoms. The average molecular weight is 262 g/mol. The number of hydrogen-bond acceptors (Lipinski definition) is 3. The summed E-state index contributed by atoms with van der Waals surface area (Å²) < 4.78 is 5.56. The Kier molecular flexibility index (Phi) is 5.37. The van der Waals surface area contributed by atoms with Gasteiger partial charge in [0.05, 0.1) is 13.2 Å². The number of nitrogens with two attached hydrogens (primary N) is 1. The van der Waals surface area contributed by atoms with Gasteiger partial charge in [0.2, 0.25) is 0 Å². The molecule has 0 saturated carbocycles. The molecule has 0 amide bonds. The summed E-state index contributed by atoms with van der Waals surface area (Å²) in [6, 6.07) is 11.1. The lowest BCUT2D eigenvalue weighted by Crippen LogP contribution is -2.47. The van der Waals surface area contributed by atoms with Crippen molar-refractivity contribution in [2.45, 2.75) is 32.4 Å². The first kappa shape index (κ1) is 14.5. The highest BCUT2D eigenvalue weighted by Crippen LogP contribution is 2.22. The molecule has 1 aromatic rings. The Morgan fingerprint density at radius 2 is 2.11 bits per heavy atom. The van der Waals surface area contributed by atoms with Gasteiger partial charge in [-0.05, 0) is 17.9 Å². The standard InChI is InChI=1S/C16H26N2O/c1-3-15-12-19-10-9-18(15)11-13(2)16(17)14-7-5-4-6-8-14/h4-8,13,15-16H,3,9-12,17H2,1-2H3. The van der Waals surface area contributed by atoms with Gasteiger partial charge in [0.1, 0.15) is 0 Å². The van der Waals surface area contributed by atoms with E-state index in [0.717, 1.165) is 32.7 Å². The molecule has 1 saturated heterocycles. The Hall–Kier alpha value is -0.900. The molecule has 0 aromatic heterocycles. The highest BCUT2D eigenvalue weighted by atomic mass is 16.5. The van der Waals surface area contributed by atoms with Gasteiger partial charge < -0.3 is 10.5 Å². The molecule has 3 unspecified atom stereocenters. The zero-order valence-corrected chi connectivity index (χ0v) is 12.1. The van der Waals surface area contributed by atoms with Crippen LogP contribution in [0.15, 0.2) is 30.3 Å². The molecule has 1 aliphatic rings. The largest absolute Gasteiger partial charge is 0.378 e. The van der Waals surface area contributed by atoms with E-state index in [1.807, 2.05) is 6.07 Å². The third-order valence-electron chi connectivity index (χ3n) is 4.14. The Labute approximate surface area is 116 Å². The minimum Gasteiger partial charge on any atom is -0.378 e. The monoisotopic (exact) mass is 262 g/mol. The molecule has 1 aromatic carbocycles. The summed E-state index contributed by atoms with van der Waals surface area (Å²) in [5.41, 5.74) is 7.62. The molecule has 106 valence electrons. The summed E-state index contributed by atoms with van der Waals surface area (Å²) >= 11 is 0. The van der Waals surface area contributed by atoms with Crippen LogP contribution >= 0.6 is 0 Å². The van der Waals surface area contributed by atoms with E-state index in [1.54, 1.807) is 0 Å². The maximum atomic E-state index is 6.38. The molecule has 1 heterocycles. The maximum Gasteiger partial charge on any atom is 0.0622 e. The number of benzene rings is 1. The molecule has 0 aliphatic carbocycles. The summed E-state index contributed by atoms with van der Waals surface area (Å²) in [7, 11) is 0. The van der Waals surface area contributed by atoms with Crippen molar-refractivity contribution in [1.82, 2.24) is 4.90 Å². The number of nitrogens with zero attached hydrogens (tertiary/aromatic N) is 1. The summed E-state index contributed by atoms with van der Waals surface area (Å²) in [5.74, 6) is 0.453. The third-order valence-corrected chi connectivity index (χ3v) is 4.14. The minimum atomic E-state index is 0.113. The quantitative estimate of drug-likeness (QED) is 0.885. The van der Waals surface area contributed by atoms with Crippen molar-refractivity contribution in [3.05, 3.63) is 35.9 Å². The molecule has 3 atom stereocenters. The Morgan fingerprint density at radius 1 is 1.37 bits per heavy atom. The van der Waals surface area contributed by atoms with Crippen molar-refractivity contribution in [3.8, 4) is 0 Å². The van der Waals surface area contributed by atoms with Crippen LogP contribution < -0.4 is 5.73 Å². The fraction of sp³-hybridized carbons (Fsp3) is 0.625. The van der Waals surface area contributed by atoms with Crippen molar-refractivity contribution in [2.24, 2.45) is 11.7 Å². The van der Waals surface area contributed by atoms with Gasteiger partial charge in [-0.15, -0.1) is 0 Å². The summed E-state index contributed by atoms with van der Waals surface area (Å²) in [6.07, 6.45) is 1.15. The second-order valence-electron chi connectivity index (χ2n) is 5.55. The van der Waals surface area contributed by atoms with E-state index >= 15 is 0 Å². The van der Waals surface area contributed by atoms with Crippen LogP contribution in [0.25, 0.3) is 0 Å². The van der Waals surface area contributed by atoms with Crippen molar-refractivity contribution in [2.75, 3.05) is 26.3 Å². The first-order valence-electron chi connectivity index (χ1n) is 7.34. The van der Waals surface area contributed by atoms with Crippen LogP contribution in [0.2, 0.25) is 0 Å². The predicted molar refractivity (Wildman–Crippen MR) is 79.0 cm³/mol. The molecule has 2 N–H and O–H groups in total. The van der Waals surface area contributed by atoms with E-state index in [4.69, 9.17) is 10.5 Å². The molecular weight excluding hydrogens is 236 g/mol. The van der Waals surface area contributed by atoms with Crippen molar-refractivity contribution in [1.29, 1.82) is 0 Å². The topological polar surface area (TPSA) is 38.5 Å². The van der Waals surface area contributed by atoms with Crippen LogP contribution in [0.3, 0.4) is 0 Å². The molecule has 3 heteroatoms. The summed E-state index contributed by atoms with van der Waals surface area (Å²) in [4.78, 5) is 2.54. The second-order valence-corrected chi connectivity index (χ2v) is 5.55. The molecule has 1 fully saturated rings. The number of rotatable bonds is 5. The average Bonchev–Trinajstić information content (AvgIpc) is 2.48. The highest BCUT2D eigenvalue weighted by molar-refractivity contribution is 5.19. The molecule has 1 aliphatic heterocycles. The van der Waals surface area contributed by atoms with E-state index in [1.165, 1.54) is 5.56 Å². The van der Waals surface area contributed by atoms with Crippen molar-refractivity contribution < 1.29 is 4.74 Å². The lowest BCUT2D eigenvalue weighted by atomic mass is 9.94. The fourth-order valence-corrected chi connectivity index (χ4v) is 2.79. The Bertz CT molecular complexity index is 368. The van der Waals surface area contributed by atoms with Gasteiger partial charge in [-0.2, -0.15) is 0 Å². The lowest BCUT2D eigenvalue weighted by Gasteiger charge is -2.37. The van der Waals surface area contributed by atoms with Gasteiger partial charge in [0, 0.05) is 25.2 Å². The SMILES string of the molecule is CCC1COCCN1CC(C)C(N)c1ccccc1. The van der Waals surface area contributed by atoms with Crippen LogP contribution in [-0.2, 0) is 4.74 Å². The van der Waals surface area contributed by atoms with Crippen LogP contribution in [0.4, 0.5) is 0 Å². The van der Waals surface area contributed by atoms with E-state index in [0.29, 0.717) is 12.0 Å². The predicted octanol–water partition coefficient (Wildman–Crippen LogP) is 2.43. The molecular formula is C16H26N2O. The van der Waals surface area contributed by atoms with Crippen molar-refractivity contribution in [3.63, 3.8) is 0 Å². The van der Waals surface area contributed by atoms with Gasteiger partial charge in [-0.3, -0.25) is 4.90 Å². The molecule has 0 spiro atoms. The first-order chi connectivity index (χ1) is 9.22. The number of ether oxygens (including phenoxy) is 1. The van der Waals surface area contributed by atoms with Gasteiger partial charge >= 0.3 is 0 Å². The lowest BCUT2D eigenvalue weighted by molar-refractivity contribution is -0.0158. The van der Waals surface area contributed by atoms with Crippen LogP contribution in [0, 0.1) is 5.92 Å². The minimum absolute atomic E-state index is 0.113. The zero-order valence-electron chi connectivity index (χ0n) is 12.1. The van der Waals surface area contributed by atoms with E-state index in [9.17, 15) is 0 Å². The third kappa shape index (κ3) is 3.78. The molecule has 2 rings (SSSR count). The molecule has 0 bridgehead atoms. The van der Waals surface area contributed by atoms with Gasteiger partial charge in [-0.25, -0.2) is 0 Å². The smallest absolute Gasteiger partial charge is 0.0622 e. The van der Waals surface area contributed by atoms with Crippen molar-refractivity contribution >= 4 is 0 Å². The maximum absolute atomic E-state index is 6.38. The number of morpholine rings is 1. The van der Waals surface area contributed by atoms with Gasteiger partial charge in [0.15, 0.2) is 0 Å². The van der Waals surface area contributed by atoms with Gasteiger partial charge in [0.25, 0.3) is 0 Å². The van der Waals surface area contributed by atoms with Gasteiger partial charge in [-0.1, -0.05) is 44.2 Å². The van der Waals surface area contributed by atoms with E-state index in [2.05, 4.69) is 43.0 Å². The van der Waals surface area contributed by atoms with Crippen LogP contribution in [-0.4, -0.2) is 37.2 Å².